The first-order valence-corrected chi connectivity index (χ1v) is 6.04. The van der Waals surface area contributed by atoms with Crippen molar-refractivity contribution < 1.29 is 4.79 Å². The Hall–Kier alpha value is -2.89. The normalized spacial score (nSPS) is 10.8. The lowest BCUT2D eigenvalue weighted by Gasteiger charge is -2.06. The molecule has 1 aromatic carbocycles. The Kier molecular flexibility index (Phi) is 2.64. The lowest BCUT2D eigenvalue weighted by atomic mass is 10.2. The molecule has 3 aromatic rings. The molecule has 20 heavy (non-hydrogen) atoms. The summed E-state index contributed by atoms with van der Waals surface area (Å²) in [6.45, 7) is 1.82. The second-order valence-electron chi connectivity index (χ2n) is 4.50. The van der Waals surface area contributed by atoms with Crippen LogP contribution in [0.25, 0.3) is 10.9 Å². The lowest BCUT2D eigenvalue weighted by molar-refractivity contribution is 0.0957. The first kappa shape index (κ1) is 12.2. The number of nitrogen functional groups attached to an aromatic ring is 1. The first-order valence-electron chi connectivity index (χ1n) is 6.04. The molecule has 0 aliphatic carbocycles. The molecule has 0 atom stereocenters. The summed E-state index contributed by atoms with van der Waals surface area (Å²) in [5, 5.41) is 0.822. The van der Waals surface area contributed by atoms with Crippen molar-refractivity contribution in [2.45, 2.75) is 6.92 Å². The van der Waals surface area contributed by atoms with Crippen molar-refractivity contribution >= 4 is 22.5 Å². The maximum absolute atomic E-state index is 12.5. The van der Waals surface area contributed by atoms with Crippen molar-refractivity contribution in [3.63, 3.8) is 0 Å². The van der Waals surface area contributed by atoms with Crippen LogP contribution in [0.2, 0.25) is 0 Å². The highest BCUT2D eigenvalue weighted by molar-refractivity contribution is 6.04. The molecule has 3 rings (SSSR count). The summed E-state index contributed by atoms with van der Waals surface area (Å²) in [6.07, 6.45) is 2.39. The van der Waals surface area contributed by atoms with Crippen molar-refractivity contribution in [1.82, 2.24) is 14.5 Å². The van der Waals surface area contributed by atoms with Crippen molar-refractivity contribution in [2.75, 3.05) is 5.73 Å². The molecule has 6 heteroatoms. The first-order chi connectivity index (χ1) is 9.58. The van der Waals surface area contributed by atoms with Crippen LogP contribution >= 0.6 is 0 Å². The molecule has 0 saturated heterocycles. The molecule has 6 nitrogen and oxygen atoms in total. The van der Waals surface area contributed by atoms with Gasteiger partial charge in [-0.15, -0.1) is 0 Å². The summed E-state index contributed by atoms with van der Waals surface area (Å²) in [4.78, 5) is 29.8. The zero-order valence-electron chi connectivity index (χ0n) is 10.8. The third kappa shape index (κ3) is 1.78. The van der Waals surface area contributed by atoms with Gasteiger partial charge >= 0.3 is 0 Å². The van der Waals surface area contributed by atoms with Gasteiger partial charge in [-0.2, -0.15) is 0 Å². The molecule has 0 saturated carbocycles. The van der Waals surface area contributed by atoms with E-state index in [1.54, 1.807) is 12.1 Å². The molecule has 2 heterocycles. The molecule has 0 unspecified atom stereocenters. The fourth-order valence-electron chi connectivity index (χ4n) is 2.23. The third-order valence-electron chi connectivity index (χ3n) is 3.16. The Morgan fingerprint density at radius 1 is 1.40 bits per heavy atom. The number of nitrogens with two attached hydrogens (primary N) is 1. The van der Waals surface area contributed by atoms with Crippen LogP contribution in [-0.2, 0) is 0 Å². The SMILES string of the molecule is Cc1cc2c(N)cccc2n1C(=O)c1c[nH]c(=O)cn1. The summed E-state index contributed by atoms with van der Waals surface area (Å²) in [5.41, 5.74) is 7.84. The highest BCUT2D eigenvalue weighted by Crippen LogP contribution is 2.25. The molecule has 100 valence electrons. The Bertz CT molecular complexity index is 856. The van der Waals surface area contributed by atoms with Crippen molar-refractivity contribution in [2.24, 2.45) is 0 Å². The number of carbonyl (C=O) groups is 1. The predicted octanol–water partition coefficient (Wildman–Crippen LogP) is 1.30. The average molecular weight is 268 g/mol. The molecule has 3 N–H and O–H groups in total. The van der Waals surface area contributed by atoms with Crippen LogP contribution in [0.5, 0.6) is 0 Å². The minimum Gasteiger partial charge on any atom is -0.398 e. The van der Waals surface area contributed by atoms with E-state index in [1.165, 1.54) is 10.8 Å². The number of nitrogens with zero attached hydrogens (tertiary/aromatic N) is 2. The Balaban J connectivity index is 2.21. The maximum atomic E-state index is 12.5. The number of fused-ring (bicyclic) bond motifs is 1. The highest BCUT2D eigenvalue weighted by Gasteiger charge is 2.16. The van der Waals surface area contributed by atoms with E-state index >= 15 is 0 Å². The predicted molar refractivity (Wildman–Crippen MR) is 75.7 cm³/mol. The molecule has 0 aliphatic heterocycles. The van der Waals surface area contributed by atoms with E-state index in [4.69, 9.17) is 5.73 Å². The number of aromatic nitrogens is 3. The van der Waals surface area contributed by atoms with Gasteiger partial charge in [-0.25, -0.2) is 4.98 Å². The molecule has 0 radical (unpaired) electrons. The summed E-state index contributed by atoms with van der Waals surface area (Å²) >= 11 is 0. The highest BCUT2D eigenvalue weighted by atomic mass is 16.2. The van der Waals surface area contributed by atoms with Crippen molar-refractivity contribution in [3.05, 3.63) is 58.4 Å². The minimum atomic E-state index is -0.347. The Morgan fingerprint density at radius 2 is 2.20 bits per heavy atom. The minimum absolute atomic E-state index is 0.174. The standard InChI is InChI=1S/C14H12N4O2/c1-8-5-9-10(15)3-2-4-12(9)18(8)14(20)11-6-17-13(19)7-16-11/h2-7H,15H2,1H3,(H,17,19). The third-order valence-corrected chi connectivity index (χ3v) is 3.16. The van der Waals surface area contributed by atoms with Gasteiger partial charge in [-0.05, 0) is 25.1 Å². The zero-order valence-corrected chi connectivity index (χ0v) is 10.8. The second kappa shape index (κ2) is 4.34. The largest absolute Gasteiger partial charge is 0.398 e. The summed E-state index contributed by atoms with van der Waals surface area (Å²) in [6, 6.07) is 7.26. The number of rotatable bonds is 1. The molecule has 0 amide bonds. The number of anilines is 1. The summed E-state index contributed by atoms with van der Waals surface area (Å²) in [7, 11) is 0. The van der Waals surface area contributed by atoms with E-state index in [2.05, 4.69) is 9.97 Å². The molecule has 0 aliphatic rings. The number of carbonyl (C=O) groups excluding carboxylic acids is 1. The quantitative estimate of drug-likeness (QED) is 0.650. The van der Waals surface area contributed by atoms with Crippen LogP contribution in [0.1, 0.15) is 16.2 Å². The van der Waals surface area contributed by atoms with E-state index in [0.717, 1.165) is 22.8 Å². The van der Waals surface area contributed by atoms with E-state index in [-0.39, 0.29) is 17.2 Å². The maximum Gasteiger partial charge on any atom is 0.282 e. The van der Waals surface area contributed by atoms with Crippen LogP contribution in [0.4, 0.5) is 5.69 Å². The lowest BCUT2D eigenvalue weighted by Crippen LogP contribution is -2.17. The van der Waals surface area contributed by atoms with Gasteiger partial charge in [-0.1, -0.05) is 6.07 Å². The van der Waals surface area contributed by atoms with Gasteiger partial charge in [0.1, 0.15) is 5.69 Å². The zero-order chi connectivity index (χ0) is 14.3. The van der Waals surface area contributed by atoms with Crippen molar-refractivity contribution in [3.8, 4) is 0 Å². The number of H-pyrrole nitrogens is 1. The van der Waals surface area contributed by atoms with Crippen LogP contribution in [0.3, 0.4) is 0 Å². The summed E-state index contributed by atoms with van der Waals surface area (Å²) in [5.74, 6) is -0.306. The van der Waals surface area contributed by atoms with E-state index < -0.39 is 0 Å². The van der Waals surface area contributed by atoms with Crippen LogP contribution in [0, 0.1) is 6.92 Å². The molecule has 0 fully saturated rings. The van der Waals surface area contributed by atoms with Gasteiger partial charge in [0.05, 0.1) is 11.7 Å². The number of hydrogen-bond donors (Lipinski definition) is 2. The Morgan fingerprint density at radius 3 is 2.90 bits per heavy atom. The van der Waals surface area contributed by atoms with Gasteiger partial charge in [0.25, 0.3) is 11.5 Å². The number of hydrogen-bond acceptors (Lipinski definition) is 4. The van der Waals surface area contributed by atoms with E-state index in [0.29, 0.717) is 5.69 Å². The molecular weight excluding hydrogens is 256 g/mol. The van der Waals surface area contributed by atoms with Gasteiger partial charge in [0, 0.05) is 23.0 Å². The smallest absolute Gasteiger partial charge is 0.282 e. The Labute approximate surface area is 113 Å². The second-order valence-corrected chi connectivity index (χ2v) is 4.50. The molecule has 2 aromatic heterocycles. The van der Waals surface area contributed by atoms with Gasteiger partial charge in [-0.3, -0.25) is 14.2 Å². The van der Waals surface area contributed by atoms with Crippen LogP contribution in [-0.4, -0.2) is 20.4 Å². The van der Waals surface area contributed by atoms with Gasteiger partial charge in [0.2, 0.25) is 0 Å². The molecule has 0 bridgehead atoms. The fourth-order valence-corrected chi connectivity index (χ4v) is 2.23. The fraction of sp³-hybridized carbons (Fsp3) is 0.0714. The van der Waals surface area contributed by atoms with Gasteiger partial charge in [0.15, 0.2) is 0 Å². The van der Waals surface area contributed by atoms with E-state index in [1.807, 2.05) is 19.1 Å². The van der Waals surface area contributed by atoms with Crippen LogP contribution < -0.4 is 11.3 Å². The van der Waals surface area contributed by atoms with Gasteiger partial charge < -0.3 is 10.7 Å². The van der Waals surface area contributed by atoms with Crippen molar-refractivity contribution in [1.29, 1.82) is 0 Å². The summed E-state index contributed by atoms with van der Waals surface area (Å²) < 4.78 is 1.53. The number of aryl methyl sites for hydroxylation is 1. The van der Waals surface area contributed by atoms with E-state index in [9.17, 15) is 9.59 Å². The molecule has 0 spiro atoms. The number of nitrogens with one attached hydrogen (secondary N) is 1. The molecular formula is C14H12N4O2. The number of aromatic amines is 1. The topological polar surface area (TPSA) is 93.8 Å². The monoisotopic (exact) mass is 268 g/mol. The average Bonchev–Trinajstić information content (AvgIpc) is 2.77. The van der Waals surface area contributed by atoms with Crippen LogP contribution in [0.15, 0.2) is 41.5 Å². The number of benzene rings is 1.